The van der Waals surface area contributed by atoms with Crippen molar-refractivity contribution in [1.29, 1.82) is 0 Å². The molecule has 1 aromatic rings. The predicted octanol–water partition coefficient (Wildman–Crippen LogP) is 3.63. The van der Waals surface area contributed by atoms with E-state index >= 15 is 0 Å². The molecule has 0 radical (unpaired) electrons. The first kappa shape index (κ1) is 19.2. The number of hydrogen-bond donors (Lipinski definition) is 2. The largest absolute Gasteiger partial charge is 0.481 e. The highest BCUT2D eigenvalue weighted by molar-refractivity contribution is 6.30. The molecule has 0 saturated carbocycles. The van der Waals surface area contributed by atoms with Crippen molar-refractivity contribution in [1.82, 2.24) is 0 Å². The number of halogens is 1. The van der Waals surface area contributed by atoms with Crippen LogP contribution in [0.1, 0.15) is 39.2 Å². The molecule has 0 saturated heterocycles. The first-order valence-corrected chi connectivity index (χ1v) is 6.92. The number of hydrogen-bond acceptors (Lipinski definition) is 3. The standard InChI is InChI=1S/C10H11ClO2.C5H11NO2/c11-9-6-4-8(5-7-9)2-1-3-10(12)13;1-5(2,3)8-4(6)7/h4-7H,1-3H2,(H,12,13);1-3H3,(H2,6,7). The Kier molecular flexibility index (Phi) is 8.47. The monoisotopic (exact) mass is 315 g/mol. The average molecular weight is 316 g/mol. The number of aliphatic carboxylic acids is 1. The third-order valence-electron chi connectivity index (χ3n) is 2.18. The molecule has 118 valence electrons. The van der Waals surface area contributed by atoms with Crippen LogP contribution >= 0.6 is 11.6 Å². The molecule has 21 heavy (non-hydrogen) atoms. The number of carbonyl (C=O) groups excluding carboxylic acids is 1. The molecule has 0 atom stereocenters. The van der Waals surface area contributed by atoms with Crippen molar-refractivity contribution in [3.05, 3.63) is 34.9 Å². The fourth-order valence-electron chi connectivity index (χ4n) is 1.40. The first-order valence-electron chi connectivity index (χ1n) is 6.55. The molecule has 5 nitrogen and oxygen atoms in total. The van der Waals surface area contributed by atoms with Gasteiger partial charge in [0.2, 0.25) is 0 Å². The molecule has 0 fully saturated rings. The third kappa shape index (κ3) is 13.0. The van der Waals surface area contributed by atoms with Crippen molar-refractivity contribution in [2.45, 2.75) is 45.6 Å². The molecule has 0 spiro atoms. The Labute approximate surface area is 130 Å². The molecule has 0 aliphatic carbocycles. The summed E-state index contributed by atoms with van der Waals surface area (Å²) in [5, 5.41) is 9.12. The summed E-state index contributed by atoms with van der Waals surface area (Å²) in [5.74, 6) is -0.742. The highest BCUT2D eigenvalue weighted by Crippen LogP contribution is 2.11. The Balaban J connectivity index is 0.000000433. The molecular weight excluding hydrogens is 294 g/mol. The van der Waals surface area contributed by atoms with Crippen LogP contribution in [0.5, 0.6) is 0 Å². The van der Waals surface area contributed by atoms with Crippen LogP contribution in [0, 0.1) is 0 Å². The molecule has 1 amide bonds. The topological polar surface area (TPSA) is 89.6 Å². The van der Waals surface area contributed by atoms with Gasteiger partial charge in [0, 0.05) is 11.4 Å². The van der Waals surface area contributed by atoms with Gasteiger partial charge in [0.15, 0.2) is 0 Å². The second-order valence-electron chi connectivity index (χ2n) is 5.41. The van der Waals surface area contributed by atoms with Gasteiger partial charge in [-0.3, -0.25) is 4.79 Å². The summed E-state index contributed by atoms with van der Waals surface area (Å²) in [6, 6.07) is 7.48. The van der Waals surface area contributed by atoms with E-state index in [1.165, 1.54) is 0 Å². The lowest BCUT2D eigenvalue weighted by Crippen LogP contribution is -2.27. The summed E-state index contributed by atoms with van der Waals surface area (Å²) in [4.78, 5) is 20.2. The van der Waals surface area contributed by atoms with Crippen LogP contribution in [0.15, 0.2) is 24.3 Å². The Bertz CT molecular complexity index is 452. The zero-order chi connectivity index (χ0) is 16.5. The van der Waals surface area contributed by atoms with E-state index in [9.17, 15) is 9.59 Å². The van der Waals surface area contributed by atoms with Crippen molar-refractivity contribution in [3.8, 4) is 0 Å². The first-order chi connectivity index (χ1) is 9.60. The van der Waals surface area contributed by atoms with Gasteiger partial charge in [-0.25, -0.2) is 4.79 Å². The molecule has 3 N–H and O–H groups in total. The Hall–Kier alpha value is -1.75. The van der Waals surface area contributed by atoms with E-state index in [1.54, 1.807) is 20.8 Å². The van der Waals surface area contributed by atoms with E-state index in [0.717, 1.165) is 12.0 Å². The molecule has 0 unspecified atom stereocenters. The van der Waals surface area contributed by atoms with Gasteiger partial charge >= 0.3 is 12.1 Å². The van der Waals surface area contributed by atoms with Crippen LogP contribution in [-0.2, 0) is 16.0 Å². The van der Waals surface area contributed by atoms with Crippen LogP contribution in [0.25, 0.3) is 0 Å². The van der Waals surface area contributed by atoms with Crippen molar-refractivity contribution in [2.75, 3.05) is 0 Å². The van der Waals surface area contributed by atoms with E-state index < -0.39 is 17.7 Å². The van der Waals surface area contributed by atoms with Gasteiger partial charge in [0.25, 0.3) is 0 Å². The van der Waals surface area contributed by atoms with Gasteiger partial charge in [-0.2, -0.15) is 0 Å². The van der Waals surface area contributed by atoms with Gasteiger partial charge in [0.1, 0.15) is 5.60 Å². The SMILES string of the molecule is CC(C)(C)OC(N)=O.O=C(O)CCCc1ccc(Cl)cc1. The summed E-state index contributed by atoms with van der Waals surface area (Å²) in [7, 11) is 0. The number of carboxylic acid groups (broad SMARTS) is 1. The molecule has 1 rings (SSSR count). The van der Waals surface area contributed by atoms with Crippen molar-refractivity contribution in [3.63, 3.8) is 0 Å². The lowest BCUT2D eigenvalue weighted by molar-refractivity contribution is -0.137. The summed E-state index contributed by atoms with van der Waals surface area (Å²) in [5.41, 5.74) is 5.40. The number of rotatable bonds is 4. The van der Waals surface area contributed by atoms with Gasteiger partial charge < -0.3 is 15.6 Å². The normalized spacial score (nSPS) is 10.3. The van der Waals surface area contributed by atoms with Crippen molar-refractivity contribution < 1.29 is 19.4 Å². The number of benzene rings is 1. The highest BCUT2D eigenvalue weighted by Gasteiger charge is 2.12. The number of carbonyl (C=O) groups is 2. The third-order valence-corrected chi connectivity index (χ3v) is 2.43. The molecular formula is C15H22ClNO4. The quantitative estimate of drug-likeness (QED) is 0.887. The number of carboxylic acids is 1. The predicted molar refractivity (Wildman–Crippen MR) is 82.4 cm³/mol. The summed E-state index contributed by atoms with van der Waals surface area (Å²) >= 11 is 5.70. The molecule has 0 aromatic heterocycles. The fourth-order valence-corrected chi connectivity index (χ4v) is 1.52. The Morgan fingerprint density at radius 2 is 1.76 bits per heavy atom. The average Bonchev–Trinajstić information content (AvgIpc) is 2.29. The van der Waals surface area contributed by atoms with E-state index in [0.29, 0.717) is 11.4 Å². The van der Waals surface area contributed by atoms with Gasteiger partial charge in [-0.1, -0.05) is 23.7 Å². The molecule has 0 aliphatic heterocycles. The number of primary amides is 1. The minimum atomic E-state index is -0.742. The molecule has 0 bridgehead atoms. The number of ether oxygens (including phenoxy) is 1. The summed E-state index contributed by atoms with van der Waals surface area (Å²) in [6.45, 7) is 5.28. The fraction of sp³-hybridized carbons (Fsp3) is 0.467. The number of amides is 1. The van der Waals surface area contributed by atoms with Crippen LogP contribution in [0.2, 0.25) is 5.02 Å². The molecule has 1 aromatic carbocycles. The van der Waals surface area contributed by atoms with E-state index in [4.69, 9.17) is 22.4 Å². The van der Waals surface area contributed by atoms with Gasteiger partial charge in [-0.15, -0.1) is 0 Å². The minimum absolute atomic E-state index is 0.225. The highest BCUT2D eigenvalue weighted by atomic mass is 35.5. The lowest BCUT2D eigenvalue weighted by atomic mass is 10.1. The molecule has 0 aliphatic rings. The van der Waals surface area contributed by atoms with Crippen LogP contribution in [0.3, 0.4) is 0 Å². The van der Waals surface area contributed by atoms with E-state index in [1.807, 2.05) is 24.3 Å². The van der Waals surface area contributed by atoms with Gasteiger partial charge in [-0.05, 0) is 51.3 Å². The van der Waals surface area contributed by atoms with Crippen LogP contribution in [0.4, 0.5) is 4.79 Å². The second-order valence-corrected chi connectivity index (χ2v) is 5.84. The smallest absolute Gasteiger partial charge is 0.405 e. The zero-order valence-electron chi connectivity index (χ0n) is 12.6. The molecule has 0 heterocycles. The van der Waals surface area contributed by atoms with Crippen LogP contribution < -0.4 is 5.73 Å². The zero-order valence-corrected chi connectivity index (χ0v) is 13.3. The Morgan fingerprint density at radius 3 is 2.10 bits per heavy atom. The minimum Gasteiger partial charge on any atom is -0.481 e. The van der Waals surface area contributed by atoms with E-state index in [-0.39, 0.29) is 6.42 Å². The Morgan fingerprint density at radius 1 is 1.24 bits per heavy atom. The maximum absolute atomic E-state index is 10.2. The summed E-state index contributed by atoms with van der Waals surface area (Å²) < 4.78 is 4.58. The number of nitrogens with two attached hydrogens (primary N) is 1. The van der Waals surface area contributed by atoms with Gasteiger partial charge in [0.05, 0.1) is 0 Å². The number of aryl methyl sites for hydroxylation is 1. The summed E-state index contributed by atoms with van der Waals surface area (Å²) in [6.07, 6.45) is 0.973. The lowest BCUT2D eigenvalue weighted by Gasteiger charge is -2.16. The van der Waals surface area contributed by atoms with E-state index in [2.05, 4.69) is 4.74 Å². The van der Waals surface area contributed by atoms with Crippen molar-refractivity contribution >= 4 is 23.7 Å². The second kappa shape index (κ2) is 9.23. The molecule has 6 heteroatoms. The van der Waals surface area contributed by atoms with Crippen molar-refractivity contribution in [2.24, 2.45) is 5.73 Å². The maximum atomic E-state index is 10.2. The van der Waals surface area contributed by atoms with Crippen LogP contribution in [-0.4, -0.2) is 22.8 Å². The maximum Gasteiger partial charge on any atom is 0.405 e.